The number of hydrogen-bond donors (Lipinski definition) is 2. The van der Waals surface area contributed by atoms with Gasteiger partial charge in [0, 0.05) is 24.2 Å². The Labute approximate surface area is 149 Å². The third kappa shape index (κ3) is 6.42. The standard InChI is InChI=1S/C21H26N2O2/c1-16(2)15-23-21(25)19-12-6-11-18(14-19)20(24)22-13-7-10-17-8-4-3-5-9-17/h3-6,8-9,11-12,14,16H,7,10,13,15H2,1-2H3,(H,22,24)(H,23,25). The van der Waals surface area contributed by atoms with Gasteiger partial charge in [-0.3, -0.25) is 9.59 Å². The molecular formula is C21H26N2O2. The van der Waals surface area contributed by atoms with Crippen LogP contribution in [-0.4, -0.2) is 24.9 Å². The first-order valence-electron chi connectivity index (χ1n) is 8.76. The van der Waals surface area contributed by atoms with Gasteiger partial charge in [0.15, 0.2) is 0 Å². The van der Waals surface area contributed by atoms with Crippen LogP contribution in [0.4, 0.5) is 0 Å². The average Bonchev–Trinajstić information content (AvgIpc) is 2.64. The number of amides is 2. The second-order valence-corrected chi connectivity index (χ2v) is 6.53. The molecule has 0 saturated heterocycles. The molecule has 2 rings (SSSR count). The molecule has 0 bridgehead atoms. The van der Waals surface area contributed by atoms with Crippen LogP contribution in [0.1, 0.15) is 46.5 Å². The van der Waals surface area contributed by atoms with Gasteiger partial charge in [-0.1, -0.05) is 50.2 Å². The van der Waals surface area contributed by atoms with E-state index in [4.69, 9.17) is 0 Å². The molecule has 0 spiro atoms. The van der Waals surface area contributed by atoms with Gasteiger partial charge in [-0.05, 0) is 42.5 Å². The molecular weight excluding hydrogens is 312 g/mol. The Morgan fingerprint density at radius 1 is 0.880 bits per heavy atom. The smallest absolute Gasteiger partial charge is 0.251 e. The first kappa shape index (κ1) is 18.7. The normalized spacial score (nSPS) is 10.5. The Kier molecular flexibility index (Phi) is 7.20. The van der Waals surface area contributed by atoms with E-state index in [2.05, 4.69) is 22.8 Å². The molecule has 0 aliphatic carbocycles. The molecule has 0 atom stereocenters. The van der Waals surface area contributed by atoms with Crippen molar-refractivity contribution in [2.24, 2.45) is 5.92 Å². The van der Waals surface area contributed by atoms with Crippen LogP contribution in [0.5, 0.6) is 0 Å². The average molecular weight is 338 g/mol. The van der Waals surface area contributed by atoms with Crippen LogP contribution in [0.2, 0.25) is 0 Å². The highest BCUT2D eigenvalue weighted by Crippen LogP contribution is 2.06. The lowest BCUT2D eigenvalue weighted by Gasteiger charge is -2.09. The molecule has 132 valence electrons. The SMILES string of the molecule is CC(C)CNC(=O)c1cccc(C(=O)NCCCc2ccccc2)c1. The van der Waals surface area contributed by atoms with Crippen molar-refractivity contribution >= 4 is 11.8 Å². The highest BCUT2D eigenvalue weighted by Gasteiger charge is 2.10. The molecule has 4 nitrogen and oxygen atoms in total. The Hall–Kier alpha value is -2.62. The van der Waals surface area contributed by atoms with Gasteiger partial charge in [-0.15, -0.1) is 0 Å². The van der Waals surface area contributed by atoms with E-state index in [1.807, 2.05) is 32.0 Å². The van der Waals surface area contributed by atoms with Crippen LogP contribution >= 0.6 is 0 Å². The lowest BCUT2D eigenvalue weighted by Crippen LogP contribution is -2.28. The van der Waals surface area contributed by atoms with E-state index in [1.165, 1.54) is 5.56 Å². The van der Waals surface area contributed by atoms with E-state index in [0.29, 0.717) is 30.1 Å². The first-order valence-corrected chi connectivity index (χ1v) is 8.76. The van der Waals surface area contributed by atoms with Gasteiger partial charge in [0.2, 0.25) is 0 Å². The quantitative estimate of drug-likeness (QED) is 0.725. The fraction of sp³-hybridized carbons (Fsp3) is 0.333. The molecule has 2 aromatic carbocycles. The fourth-order valence-electron chi connectivity index (χ4n) is 2.44. The minimum Gasteiger partial charge on any atom is -0.352 e. The minimum absolute atomic E-state index is 0.146. The molecule has 4 heteroatoms. The molecule has 0 radical (unpaired) electrons. The van der Waals surface area contributed by atoms with Crippen molar-refractivity contribution in [3.8, 4) is 0 Å². The largest absolute Gasteiger partial charge is 0.352 e. The predicted molar refractivity (Wildman–Crippen MR) is 101 cm³/mol. The van der Waals surface area contributed by atoms with Crippen molar-refractivity contribution in [3.05, 3.63) is 71.3 Å². The van der Waals surface area contributed by atoms with Gasteiger partial charge in [0.25, 0.3) is 11.8 Å². The molecule has 0 heterocycles. The highest BCUT2D eigenvalue weighted by atomic mass is 16.2. The molecule has 2 amide bonds. The van der Waals surface area contributed by atoms with Crippen LogP contribution in [0, 0.1) is 5.92 Å². The Bertz CT molecular complexity index is 696. The van der Waals surface area contributed by atoms with Crippen LogP contribution in [0.25, 0.3) is 0 Å². The summed E-state index contributed by atoms with van der Waals surface area (Å²) in [4.78, 5) is 24.4. The van der Waals surface area contributed by atoms with Crippen LogP contribution < -0.4 is 10.6 Å². The van der Waals surface area contributed by atoms with Gasteiger partial charge >= 0.3 is 0 Å². The van der Waals surface area contributed by atoms with E-state index in [9.17, 15) is 9.59 Å². The van der Waals surface area contributed by atoms with Gasteiger partial charge in [0.1, 0.15) is 0 Å². The predicted octanol–water partition coefficient (Wildman–Crippen LogP) is 3.44. The number of benzene rings is 2. The molecule has 25 heavy (non-hydrogen) atoms. The summed E-state index contributed by atoms with van der Waals surface area (Å²) >= 11 is 0. The topological polar surface area (TPSA) is 58.2 Å². The summed E-state index contributed by atoms with van der Waals surface area (Å²) in [5, 5.41) is 5.78. The van der Waals surface area contributed by atoms with E-state index >= 15 is 0 Å². The summed E-state index contributed by atoms with van der Waals surface area (Å²) in [5.74, 6) is 0.0963. The molecule has 0 aromatic heterocycles. The van der Waals surface area contributed by atoms with E-state index in [0.717, 1.165) is 12.8 Å². The van der Waals surface area contributed by atoms with Gasteiger partial charge in [-0.2, -0.15) is 0 Å². The zero-order valence-electron chi connectivity index (χ0n) is 14.9. The molecule has 0 saturated carbocycles. The maximum absolute atomic E-state index is 12.3. The molecule has 0 aliphatic rings. The van der Waals surface area contributed by atoms with Crippen molar-refractivity contribution in [2.75, 3.05) is 13.1 Å². The van der Waals surface area contributed by atoms with E-state index in [1.54, 1.807) is 24.3 Å². The van der Waals surface area contributed by atoms with E-state index in [-0.39, 0.29) is 11.8 Å². The zero-order valence-corrected chi connectivity index (χ0v) is 14.9. The number of carbonyl (C=O) groups is 2. The molecule has 0 fully saturated rings. The number of nitrogens with one attached hydrogen (secondary N) is 2. The minimum atomic E-state index is -0.147. The molecule has 0 aliphatic heterocycles. The Balaban J connectivity index is 1.83. The number of carbonyl (C=O) groups excluding carboxylic acids is 2. The van der Waals surface area contributed by atoms with E-state index < -0.39 is 0 Å². The summed E-state index contributed by atoms with van der Waals surface area (Å²) in [7, 11) is 0. The molecule has 0 unspecified atom stereocenters. The Morgan fingerprint density at radius 3 is 2.16 bits per heavy atom. The lowest BCUT2D eigenvalue weighted by atomic mass is 10.1. The highest BCUT2D eigenvalue weighted by molar-refractivity contribution is 5.99. The second-order valence-electron chi connectivity index (χ2n) is 6.53. The maximum Gasteiger partial charge on any atom is 0.251 e. The van der Waals surface area contributed by atoms with Gasteiger partial charge < -0.3 is 10.6 Å². The van der Waals surface area contributed by atoms with Crippen molar-refractivity contribution in [2.45, 2.75) is 26.7 Å². The summed E-state index contributed by atoms with van der Waals surface area (Å²) in [6.07, 6.45) is 1.81. The zero-order chi connectivity index (χ0) is 18.1. The maximum atomic E-state index is 12.3. The molecule has 2 N–H and O–H groups in total. The third-order valence-corrected chi connectivity index (χ3v) is 3.83. The van der Waals surface area contributed by atoms with Crippen molar-refractivity contribution in [1.29, 1.82) is 0 Å². The molecule has 2 aromatic rings. The van der Waals surface area contributed by atoms with Gasteiger partial charge in [-0.25, -0.2) is 0 Å². The first-order chi connectivity index (χ1) is 12.1. The summed E-state index contributed by atoms with van der Waals surface area (Å²) in [6.45, 7) is 5.31. The summed E-state index contributed by atoms with van der Waals surface area (Å²) in [5.41, 5.74) is 2.29. The second kappa shape index (κ2) is 9.62. The van der Waals surface area contributed by atoms with Crippen molar-refractivity contribution in [1.82, 2.24) is 10.6 Å². The van der Waals surface area contributed by atoms with Crippen LogP contribution in [-0.2, 0) is 6.42 Å². The summed E-state index contributed by atoms with van der Waals surface area (Å²) < 4.78 is 0. The number of aryl methyl sites for hydroxylation is 1. The Morgan fingerprint density at radius 2 is 1.52 bits per heavy atom. The third-order valence-electron chi connectivity index (χ3n) is 3.83. The van der Waals surface area contributed by atoms with Crippen LogP contribution in [0.3, 0.4) is 0 Å². The lowest BCUT2D eigenvalue weighted by molar-refractivity contribution is 0.0949. The summed E-state index contributed by atoms with van der Waals surface area (Å²) in [6, 6.07) is 17.0. The van der Waals surface area contributed by atoms with Crippen molar-refractivity contribution in [3.63, 3.8) is 0 Å². The van der Waals surface area contributed by atoms with Crippen molar-refractivity contribution < 1.29 is 9.59 Å². The van der Waals surface area contributed by atoms with Gasteiger partial charge in [0.05, 0.1) is 0 Å². The fourth-order valence-corrected chi connectivity index (χ4v) is 2.44. The monoisotopic (exact) mass is 338 g/mol. The number of hydrogen-bond acceptors (Lipinski definition) is 2. The van der Waals surface area contributed by atoms with Crippen LogP contribution in [0.15, 0.2) is 54.6 Å². The number of rotatable bonds is 8.